The van der Waals surface area contributed by atoms with Crippen molar-refractivity contribution in [2.45, 2.75) is 27.3 Å². The van der Waals surface area contributed by atoms with E-state index in [1.165, 1.54) is 4.90 Å². The first-order valence-electron chi connectivity index (χ1n) is 7.14. The van der Waals surface area contributed by atoms with Gasteiger partial charge in [0.2, 0.25) is 0 Å². The highest BCUT2D eigenvalue weighted by atomic mass is 79.9. The van der Waals surface area contributed by atoms with Crippen molar-refractivity contribution in [1.29, 1.82) is 0 Å². The molecule has 21 heavy (non-hydrogen) atoms. The molecule has 118 valence electrons. The Kier molecular flexibility index (Phi) is 7.18. The highest BCUT2D eigenvalue weighted by molar-refractivity contribution is 9.10. The van der Waals surface area contributed by atoms with Crippen molar-refractivity contribution in [2.24, 2.45) is 5.92 Å². The van der Waals surface area contributed by atoms with Gasteiger partial charge in [0.05, 0.1) is 0 Å². The minimum absolute atomic E-state index is 0.0431. The zero-order chi connectivity index (χ0) is 16.0. The molecule has 0 aliphatic carbocycles. The number of likely N-dealkylation sites (N-methyl/N-ethyl adjacent to an activating group) is 1. The summed E-state index contributed by atoms with van der Waals surface area (Å²) in [5.41, 5.74) is 2.09. The minimum Gasteiger partial charge on any atom is -0.483 e. The van der Waals surface area contributed by atoms with Gasteiger partial charge in [-0.05, 0) is 37.1 Å². The van der Waals surface area contributed by atoms with E-state index in [0.29, 0.717) is 5.92 Å². The summed E-state index contributed by atoms with van der Waals surface area (Å²) in [5, 5.41) is 3.41. The molecule has 1 amide bonds. The van der Waals surface area contributed by atoms with E-state index in [1.54, 1.807) is 14.1 Å². The van der Waals surface area contributed by atoms with Crippen LogP contribution < -0.4 is 10.1 Å². The fourth-order valence-corrected chi connectivity index (χ4v) is 2.52. The first-order chi connectivity index (χ1) is 9.81. The number of carbonyl (C=O) groups excluding carboxylic acids is 1. The van der Waals surface area contributed by atoms with Gasteiger partial charge in [-0.15, -0.1) is 0 Å². The van der Waals surface area contributed by atoms with Crippen LogP contribution in [0.25, 0.3) is 0 Å². The van der Waals surface area contributed by atoms with Crippen LogP contribution >= 0.6 is 15.9 Å². The Labute approximate surface area is 136 Å². The van der Waals surface area contributed by atoms with E-state index in [1.807, 2.05) is 19.1 Å². The van der Waals surface area contributed by atoms with Gasteiger partial charge in [0.15, 0.2) is 6.61 Å². The second kappa shape index (κ2) is 8.39. The number of hydrogen-bond acceptors (Lipinski definition) is 3. The van der Waals surface area contributed by atoms with Gasteiger partial charge in [-0.2, -0.15) is 0 Å². The van der Waals surface area contributed by atoms with Gasteiger partial charge in [0.25, 0.3) is 5.91 Å². The van der Waals surface area contributed by atoms with Gasteiger partial charge in [0, 0.05) is 30.7 Å². The summed E-state index contributed by atoms with van der Waals surface area (Å²) < 4.78 is 6.77. The number of rotatable bonds is 7. The summed E-state index contributed by atoms with van der Waals surface area (Å²) in [6, 6.07) is 4.04. The molecule has 0 aromatic heterocycles. The fourth-order valence-electron chi connectivity index (χ4n) is 1.90. The smallest absolute Gasteiger partial charge is 0.259 e. The largest absolute Gasteiger partial charge is 0.483 e. The maximum atomic E-state index is 11.7. The summed E-state index contributed by atoms with van der Waals surface area (Å²) in [6.07, 6.45) is 0. The van der Waals surface area contributed by atoms with Gasteiger partial charge < -0.3 is 15.0 Å². The van der Waals surface area contributed by atoms with Crippen LogP contribution in [0.1, 0.15) is 25.0 Å². The molecule has 0 bridgehead atoms. The third-order valence-corrected chi connectivity index (χ3v) is 3.48. The molecule has 0 spiro atoms. The number of carbonyl (C=O) groups is 1. The molecule has 1 N–H and O–H groups in total. The second-order valence-electron chi connectivity index (χ2n) is 5.81. The maximum Gasteiger partial charge on any atom is 0.259 e. The standard InChI is InChI=1S/C16H25BrN2O2/c1-11(2)8-18-9-13-7-14(17)6-12(3)16(13)21-10-15(20)19(4)5/h6-7,11,18H,8-10H2,1-5H3. The fraction of sp³-hybridized carbons (Fsp3) is 0.562. The lowest BCUT2D eigenvalue weighted by atomic mass is 10.1. The molecule has 0 saturated heterocycles. The Morgan fingerprint density at radius 2 is 2.05 bits per heavy atom. The molecule has 0 heterocycles. The van der Waals surface area contributed by atoms with Crippen LogP contribution in [0.2, 0.25) is 0 Å². The molecule has 0 atom stereocenters. The zero-order valence-electron chi connectivity index (χ0n) is 13.5. The Morgan fingerprint density at radius 3 is 2.62 bits per heavy atom. The molecule has 0 fully saturated rings. The number of nitrogens with zero attached hydrogens (tertiary/aromatic N) is 1. The van der Waals surface area contributed by atoms with Gasteiger partial charge in [-0.3, -0.25) is 4.79 Å². The predicted molar refractivity (Wildman–Crippen MR) is 89.6 cm³/mol. The van der Waals surface area contributed by atoms with Gasteiger partial charge in [0.1, 0.15) is 5.75 Å². The van der Waals surface area contributed by atoms with Crippen molar-refractivity contribution in [3.8, 4) is 5.75 Å². The molecule has 5 heteroatoms. The van der Waals surface area contributed by atoms with Crippen molar-refractivity contribution in [3.05, 3.63) is 27.7 Å². The quantitative estimate of drug-likeness (QED) is 0.816. The first-order valence-corrected chi connectivity index (χ1v) is 7.93. The highest BCUT2D eigenvalue weighted by Gasteiger charge is 2.12. The number of ether oxygens (including phenoxy) is 1. The first kappa shape index (κ1) is 18.0. The third kappa shape index (κ3) is 6.06. The molecule has 0 unspecified atom stereocenters. The molecule has 0 aliphatic heterocycles. The van der Waals surface area contributed by atoms with E-state index < -0.39 is 0 Å². The van der Waals surface area contributed by atoms with Crippen LogP contribution in [-0.2, 0) is 11.3 Å². The highest BCUT2D eigenvalue weighted by Crippen LogP contribution is 2.28. The van der Waals surface area contributed by atoms with E-state index in [2.05, 4.69) is 35.1 Å². The number of benzene rings is 1. The normalized spacial score (nSPS) is 10.8. The molecular weight excluding hydrogens is 332 g/mol. The van der Waals surface area contributed by atoms with Gasteiger partial charge >= 0.3 is 0 Å². The summed E-state index contributed by atoms with van der Waals surface area (Å²) in [7, 11) is 3.45. The Bertz CT molecular complexity index is 487. The molecular formula is C16H25BrN2O2. The SMILES string of the molecule is Cc1cc(Br)cc(CNCC(C)C)c1OCC(=O)N(C)C. The molecule has 1 rings (SSSR count). The summed E-state index contributed by atoms with van der Waals surface area (Å²) in [6.45, 7) is 8.07. The number of hydrogen-bond donors (Lipinski definition) is 1. The van der Waals surface area contributed by atoms with Crippen LogP contribution in [-0.4, -0.2) is 38.1 Å². The maximum absolute atomic E-state index is 11.7. The van der Waals surface area contributed by atoms with Crippen molar-refractivity contribution in [1.82, 2.24) is 10.2 Å². The molecule has 0 radical (unpaired) electrons. The van der Waals surface area contributed by atoms with E-state index in [9.17, 15) is 4.79 Å². The van der Waals surface area contributed by atoms with Crippen molar-refractivity contribution >= 4 is 21.8 Å². The average Bonchev–Trinajstić information content (AvgIpc) is 2.36. The summed E-state index contributed by atoms with van der Waals surface area (Å²) >= 11 is 3.51. The summed E-state index contributed by atoms with van der Waals surface area (Å²) in [4.78, 5) is 13.2. The Hall–Kier alpha value is -1.07. The number of aryl methyl sites for hydroxylation is 1. The van der Waals surface area contributed by atoms with E-state index >= 15 is 0 Å². The monoisotopic (exact) mass is 356 g/mol. The lowest BCUT2D eigenvalue weighted by Gasteiger charge is -2.17. The number of amides is 1. The van der Waals surface area contributed by atoms with E-state index in [4.69, 9.17) is 4.74 Å². The third-order valence-electron chi connectivity index (χ3n) is 3.02. The lowest BCUT2D eigenvalue weighted by Crippen LogP contribution is -2.28. The van der Waals surface area contributed by atoms with Crippen LogP contribution in [0.3, 0.4) is 0 Å². The van der Waals surface area contributed by atoms with Crippen LogP contribution in [0, 0.1) is 12.8 Å². The molecule has 4 nitrogen and oxygen atoms in total. The lowest BCUT2D eigenvalue weighted by molar-refractivity contribution is -0.130. The molecule has 0 aliphatic rings. The Morgan fingerprint density at radius 1 is 1.38 bits per heavy atom. The van der Waals surface area contributed by atoms with Crippen molar-refractivity contribution in [2.75, 3.05) is 27.2 Å². The number of halogens is 1. The van der Waals surface area contributed by atoms with E-state index in [-0.39, 0.29) is 12.5 Å². The predicted octanol–water partition coefficient (Wildman–Crippen LogP) is 2.97. The Balaban J connectivity index is 2.82. The minimum atomic E-state index is -0.0431. The van der Waals surface area contributed by atoms with Crippen molar-refractivity contribution in [3.63, 3.8) is 0 Å². The van der Waals surface area contributed by atoms with Crippen LogP contribution in [0.15, 0.2) is 16.6 Å². The number of nitrogens with one attached hydrogen (secondary N) is 1. The van der Waals surface area contributed by atoms with E-state index in [0.717, 1.165) is 34.4 Å². The topological polar surface area (TPSA) is 41.6 Å². The average molecular weight is 357 g/mol. The molecule has 0 saturated carbocycles. The molecule has 1 aromatic carbocycles. The molecule has 1 aromatic rings. The van der Waals surface area contributed by atoms with Gasteiger partial charge in [-0.25, -0.2) is 0 Å². The zero-order valence-corrected chi connectivity index (χ0v) is 15.1. The van der Waals surface area contributed by atoms with Crippen molar-refractivity contribution < 1.29 is 9.53 Å². The van der Waals surface area contributed by atoms with Crippen LogP contribution in [0.5, 0.6) is 5.75 Å². The van der Waals surface area contributed by atoms with Gasteiger partial charge in [-0.1, -0.05) is 29.8 Å². The summed E-state index contributed by atoms with van der Waals surface area (Å²) in [5.74, 6) is 1.35. The van der Waals surface area contributed by atoms with Crippen LogP contribution in [0.4, 0.5) is 0 Å². The second-order valence-corrected chi connectivity index (χ2v) is 6.73.